The maximum atomic E-state index is 11.8. The zero-order chi connectivity index (χ0) is 15.2. The zero-order valence-electron chi connectivity index (χ0n) is 12.5. The first-order valence-corrected chi connectivity index (χ1v) is 7.11. The molecule has 1 aliphatic rings. The van der Waals surface area contributed by atoms with Gasteiger partial charge in [-0.15, -0.1) is 0 Å². The van der Waals surface area contributed by atoms with Crippen molar-refractivity contribution >= 4 is 11.9 Å². The van der Waals surface area contributed by atoms with Crippen LogP contribution in [-0.4, -0.2) is 43.6 Å². The SMILES string of the molecule is COC(=O)Cc1ccccc1CN1CCCC1C(=O)OC. The van der Waals surface area contributed by atoms with Crippen molar-refractivity contribution in [2.45, 2.75) is 31.8 Å². The van der Waals surface area contributed by atoms with Crippen LogP contribution in [0.3, 0.4) is 0 Å². The number of carbonyl (C=O) groups excluding carboxylic acids is 2. The molecule has 0 saturated carbocycles. The third-order valence-corrected chi connectivity index (χ3v) is 3.89. The van der Waals surface area contributed by atoms with E-state index in [1.165, 1.54) is 14.2 Å². The molecule has 1 atom stereocenters. The summed E-state index contributed by atoms with van der Waals surface area (Å²) in [5.41, 5.74) is 2.00. The third kappa shape index (κ3) is 3.82. The van der Waals surface area contributed by atoms with Gasteiger partial charge in [-0.2, -0.15) is 0 Å². The fraction of sp³-hybridized carbons (Fsp3) is 0.500. The van der Waals surface area contributed by atoms with Gasteiger partial charge in [-0.25, -0.2) is 0 Å². The van der Waals surface area contributed by atoms with E-state index in [2.05, 4.69) is 4.90 Å². The Bertz CT molecular complexity index is 515. The van der Waals surface area contributed by atoms with Crippen LogP contribution in [0.25, 0.3) is 0 Å². The summed E-state index contributed by atoms with van der Waals surface area (Å²) in [4.78, 5) is 25.4. The lowest BCUT2D eigenvalue weighted by Gasteiger charge is -2.23. The maximum Gasteiger partial charge on any atom is 0.323 e. The summed E-state index contributed by atoms with van der Waals surface area (Å²) in [7, 11) is 2.81. The first kappa shape index (κ1) is 15.5. The van der Waals surface area contributed by atoms with Gasteiger partial charge < -0.3 is 9.47 Å². The van der Waals surface area contributed by atoms with Crippen LogP contribution in [0.2, 0.25) is 0 Å². The smallest absolute Gasteiger partial charge is 0.323 e. The summed E-state index contributed by atoms with van der Waals surface area (Å²) >= 11 is 0. The van der Waals surface area contributed by atoms with Crippen LogP contribution in [0.15, 0.2) is 24.3 Å². The summed E-state index contributed by atoms with van der Waals surface area (Å²) in [6.07, 6.45) is 2.06. The number of nitrogens with zero attached hydrogens (tertiary/aromatic N) is 1. The summed E-state index contributed by atoms with van der Waals surface area (Å²) in [6.45, 7) is 1.51. The Morgan fingerprint density at radius 1 is 1.19 bits per heavy atom. The fourth-order valence-corrected chi connectivity index (χ4v) is 2.75. The number of rotatable bonds is 5. The van der Waals surface area contributed by atoms with Crippen LogP contribution < -0.4 is 0 Å². The fourth-order valence-electron chi connectivity index (χ4n) is 2.75. The summed E-state index contributed by atoms with van der Waals surface area (Å²) in [6, 6.07) is 7.59. The van der Waals surface area contributed by atoms with Gasteiger partial charge in [0.05, 0.1) is 20.6 Å². The number of carbonyl (C=O) groups is 2. The number of methoxy groups -OCH3 is 2. The Labute approximate surface area is 124 Å². The lowest BCUT2D eigenvalue weighted by Crippen LogP contribution is -2.36. The number of hydrogen-bond acceptors (Lipinski definition) is 5. The highest BCUT2D eigenvalue weighted by molar-refractivity contribution is 5.76. The molecule has 0 amide bonds. The molecule has 5 heteroatoms. The maximum absolute atomic E-state index is 11.8. The van der Waals surface area contributed by atoms with E-state index in [0.29, 0.717) is 6.54 Å². The molecule has 1 aromatic carbocycles. The second kappa shape index (κ2) is 7.22. The minimum atomic E-state index is -0.256. The summed E-state index contributed by atoms with van der Waals surface area (Å²) < 4.78 is 9.59. The monoisotopic (exact) mass is 291 g/mol. The predicted molar refractivity (Wildman–Crippen MR) is 77.6 cm³/mol. The highest BCUT2D eigenvalue weighted by Crippen LogP contribution is 2.22. The molecule has 0 spiro atoms. The molecule has 1 aromatic rings. The highest BCUT2D eigenvalue weighted by Gasteiger charge is 2.31. The van der Waals surface area contributed by atoms with E-state index in [1.807, 2.05) is 24.3 Å². The third-order valence-electron chi connectivity index (χ3n) is 3.89. The topological polar surface area (TPSA) is 55.8 Å². The second-order valence-electron chi connectivity index (χ2n) is 5.17. The van der Waals surface area contributed by atoms with E-state index < -0.39 is 0 Å². The van der Waals surface area contributed by atoms with Gasteiger partial charge in [0.25, 0.3) is 0 Å². The molecule has 5 nitrogen and oxygen atoms in total. The lowest BCUT2D eigenvalue weighted by molar-refractivity contribution is -0.146. The number of hydrogen-bond donors (Lipinski definition) is 0. The average molecular weight is 291 g/mol. The van der Waals surface area contributed by atoms with Gasteiger partial charge in [0, 0.05) is 6.54 Å². The molecule has 0 aliphatic carbocycles. The van der Waals surface area contributed by atoms with Crippen LogP contribution in [0.1, 0.15) is 24.0 Å². The molecule has 21 heavy (non-hydrogen) atoms. The van der Waals surface area contributed by atoms with E-state index in [0.717, 1.165) is 30.5 Å². The Balaban J connectivity index is 2.12. The minimum absolute atomic E-state index is 0.179. The van der Waals surface area contributed by atoms with Gasteiger partial charge in [-0.1, -0.05) is 24.3 Å². The van der Waals surface area contributed by atoms with Crippen molar-refractivity contribution in [3.63, 3.8) is 0 Å². The average Bonchev–Trinajstić information content (AvgIpc) is 2.96. The van der Waals surface area contributed by atoms with E-state index in [-0.39, 0.29) is 24.4 Å². The molecule has 0 bridgehead atoms. The number of esters is 2. The van der Waals surface area contributed by atoms with Gasteiger partial charge in [-0.3, -0.25) is 14.5 Å². The molecular formula is C16H21NO4. The van der Waals surface area contributed by atoms with Gasteiger partial charge in [-0.05, 0) is 30.5 Å². The molecule has 0 aromatic heterocycles. The summed E-state index contributed by atoms with van der Waals surface area (Å²) in [5.74, 6) is -0.439. The molecular weight excluding hydrogens is 270 g/mol. The van der Waals surface area contributed by atoms with Crippen molar-refractivity contribution in [3.05, 3.63) is 35.4 Å². The molecule has 1 heterocycles. The molecule has 114 valence electrons. The van der Waals surface area contributed by atoms with Crippen LogP contribution in [0.4, 0.5) is 0 Å². The van der Waals surface area contributed by atoms with E-state index >= 15 is 0 Å². The molecule has 1 saturated heterocycles. The van der Waals surface area contributed by atoms with Crippen molar-refractivity contribution in [1.82, 2.24) is 4.90 Å². The molecule has 1 fully saturated rings. The number of benzene rings is 1. The van der Waals surface area contributed by atoms with Crippen molar-refractivity contribution in [1.29, 1.82) is 0 Å². The van der Waals surface area contributed by atoms with Crippen LogP contribution in [0, 0.1) is 0 Å². The van der Waals surface area contributed by atoms with Gasteiger partial charge in [0.2, 0.25) is 0 Å². The standard InChI is InChI=1S/C16H21NO4/c1-20-15(18)10-12-6-3-4-7-13(12)11-17-9-5-8-14(17)16(19)21-2/h3-4,6-7,14H,5,8-11H2,1-2H3. The van der Waals surface area contributed by atoms with Crippen LogP contribution in [0.5, 0.6) is 0 Å². The predicted octanol–water partition coefficient (Wildman–Crippen LogP) is 1.54. The van der Waals surface area contributed by atoms with Gasteiger partial charge in [0.15, 0.2) is 0 Å². The van der Waals surface area contributed by atoms with Crippen molar-refractivity contribution in [2.24, 2.45) is 0 Å². The van der Waals surface area contributed by atoms with E-state index in [9.17, 15) is 9.59 Å². The first-order chi connectivity index (χ1) is 10.2. The lowest BCUT2D eigenvalue weighted by atomic mass is 10.0. The van der Waals surface area contributed by atoms with E-state index in [1.54, 1.807) is 0 Å². The molecule has 0 N–H and O–H groups in total. The number of likely N-dealkylation sites (tertiary alicyclic amines) is 1. The Morgan fingerprint density at radius 2 is 1.90 bits per heavy atom. The first-order valence-electron chi connectivity index (χ1n) is 7.11. The minimum Gasteiger partial charge on any atom is -0.469 e. The largest absolute Gasteiger partial charge is 0.469 e. The quantitative estimate of drug-likeness (QED) is 0.770. The van der Waals surface area contributed by atoms with Crippen LogP contribution in [-0.2, 0) is 32.0 Å². The van der Waals surface area contributed by atoms with Crippen molar-refractivity contribution < 1.29 is 19.1 Å². The molecule has 2 rings (SSSR count). The van der Waals surface area contributed by atoms with Gasteiger partial charge in [0.1, 0.15) is 6.04 Å². The normalized spacial score (nSPS) is 18.5. The molecule has 0 radical (unpaired) electrons. The van der Waals surface area contributed by atoms with Crippen LogP contribution >= 0.6 is 0 Å². The van der Waals surface area contributed by atoms with Crippen molar-refractivity contribution in [2.75, 3.05) is 20.8 Å². The second-order valence-corrected chi connectivity index (χ2v) is 5.17. The summed E-state index contributed by atoms with van der Waals surface area (Å²) in [5, 5.41) is 0. The number of ether oxygens (including phenoxy) is 2. The Hall–Kier alpha value is -1.88. The van der Waals surface area contributed by atoms with Crippen molar-refractivity contribution in [3.8, 4) is 0 Å². The zero-order valence-corrected chi connectivity index (χ0v) is 12.5. The molecule has 1 unspecified atom stereocenters. The van der Waals surface area contributed by atoms with Gasteiger partial charge >= 0.3 is 11.9 Å². The Kier molecular flexibility index (Phi) is 5.33. The van der Waals surface area contributed by atoms with E-state index in [4.69, 9.17) is 9.47 Å². The Morgan fingerprint density at radius 3 is 2.57 bits per heavy atom. The molecule has 1 aliphatic heterocycles. The highest BCUT2D eigenvalue weighted by atomic mass is 16.5.